The largest absolute Gasteiger partial charge is 0.313 e. The van der Waals surface area contributed by atoms with Crippen molar-refractivity contribution in [3.8, 4) is 0 Å². The van der Waals surface area contributed by atoms with Gasteiger partial charge in [0.2, 0.25) is 0 Å². The Hall–Kier alpha value is -0.170. The number of hydrogen-bond donors (Lipinski definition) is 2. The predicted molar refractivity (Wildman–Crippen MR) is 56.0 cm³/mol. The van der Waals surface area contributed by atoms with E-state index < -0.39 is 10.2 Å². The van der Waals surface area contributed by atoms with Gasteiger partial charge in [-0.2, -0.15) is 12.7 Å². The Morgan fingerprint density at radius 2 is 2.21 bits per heavy atom. The van der Waals surface area contributed by atoms with Crippen molar-refractivity contribution in [1.29, 1.82) is 0 Å². The van der Waals surface area contributed by atoms with E-state index in [4.69, 9.17) is 5.14 Å². The number of hydrogen-bond acceptors (Lipinski definition) is 3. The summed E-state index contributed by atoms with van der Waals surface area (Å²) in [5.74, 6) is 0. The van der Waals surface area contributed by atoms with Crippen molar-refractivity contribution < 1.29 is 8.42 Å². The summed E-state index contributed by atoms with van der Waals surface area (Å²) < 4.78 is 23.8. The van der Waals surface area contributed by atoms with Crippen LogP contribution in [0.2, 0.25) is 0 Å². The van der Waals surface area contributed by atoms with E-state index in [0.717, 1.165) is 19.4 Å². The molecule has 0 amide bonds. The number of rotatable bonds is 4. The zero-order valence-corrected chi connectivity index (χ0v) is 9.55. The highest BCUT2D eigenvalue weighted by Crippen LogP contribution is 2.10. The van der Waals surface area contributed by atoms with Crippen molar-refractivity contribution >= 4 is 10.2 Å². The Balaban J connectivity index is 2.60. The molecule has 84 valence electrons. The highest BCUT2D eigenvalue weighted by molar-refractivity contribution is 7.86. The maximum Gasteiger partial charge on any atom is 0.277 e. The van der Waals surface area contributed by atoms with Crippen LogP contribution in [0.15, 0.2) is 0 Å². The van der Waals surface area contributed by atoms with Crippen molar-refractivity contribution in [2.24, 2.45) is 5.14 Å². The Bertz CT molecular complexity index is 270. The molecule has 5 nitrogen and oxygen atoms in total. The molecule has 0 saturated carbocycles. The molecule has 14 heavy (non-hydrogen) atoms. The SMILES string of the molecule is CC(C)N(CC1CCCN1)S(N)(=O)=O. The zero-order valence-electron chi connectivity index (χ0n) is 8.73. The van der Waals surface area contributed by atoms with E-state index >= 15 is 0 Å². The maximum absolute atomic E-state index is 11.2. The summed E-state index contributed by atoms with van der Waals surface area (Å²) in [5.41, 5.74) is 0. The van der Waals surface area contributed by atoms with Crippen LogP contribution >= 0.6 is 0 Å². The van der Waals surface area contributed by atoms with Gasteiger partial charge in [-0.3, -0.25) is 0 Å². The van der Waals surface area contributed by atoms with Gasteiger partial charge < -0.3 is 5.32 Å². The maximum atomic E-state index is 11.2. The van der Waals surface area contributed by atoms with E-state index in [1.165, 1.54) is 4.31 Å². The Morgan fingerprint density at radius 3 is 2.57 bits per heavy atom. The van der Waals surface area contributed by atoms with Crippen LogP contribution in [-0.2, 0) is 10.2 Å². The molecule has 3 N–H and O–H groups in total. The molecule has 0 aromatic heterocycles. The Kier molecular flexibility index (Phi) is 3.88. The van der Waals surface area contributed by atoms with Crippen LogP contribution < -0.4 is 10.5 Å². The van der Waals surface area contributed by atoms with E-state index in [1.54, 1.807) is 0 Å². The topological polar surface area (TPSA) is 75.4 Å². The number of nitrogens with two attached hydrogens (primary N) is 1. The van der Waals surface area contributed by atoms with Crippen LogP contribution in [0.3, 0.4) is 0 Å². The Morgan fingerprint density at radius 1 is 1.57 bits per heavy atom. The van der Waals surface area contributed by atoms with Gasteiger partial charge in [0.05, 0.1) is 0 Å². The van der Waals surface area contributed by atoms with Crippen LogP contribution in [0.5, 0.6) is 0 Å². The van der Waals surface area contributed by atoms with Crippen molar-refractivity contribution in [3.05, 3.63) is 0 Å². The van der Waals surface area contributed by atoms with Crippen LogP contribution in [0.1, 0.15) is 26.7 Å². The summed E-state index contributed by atoms with van der Waals surface area (Å²) in [7, 11) is -3.56. The summed E-state index contributed by atoms with van der Waals surface area (Å²) >= 11 is 0. The fourth-order valence-electron chi connectivity index (χ4n) is 1.74. The summed E-state index contributed by atoms with van der Waals surface area (Å²) in [4.78, 5) is 0. The highest BCUT2D eigenvalue weighted by atomic mass is 32.2. The fourth-order valence-corrected chi connectivity index (χ4v) is 2.71. The van der Waals surface area contributed by atoms with Gasteiger partial charge in [0.1, 0.15) is 0 Å². The minimum absolute atomic E-state index is 0.0765. The molecule has 1 unspecified atom stereocenters. The van der Waals surface area contributed by atoms with E-state index in [2.05, 4.69) is 5.32 Å². The quantitative estimate of drug-likeness (QED) is 0.681. The van der Waals surface area contributed by atoms with Gasteiger partial charge in [-0.25, -0.2) is 5.14 Å². The van der Waals surface area contributed by atoms with Crippen molar-refractivity contribution in [3.63, 3.8) is 0 Å². The zero-order chi connectivity index (χ0) is 10.8. The molecule has 1 heterocycles. The lowest BCUT2D eigenvalue weighted by Crippen LogP contribution is -2.47. The average molecular weight is 221 g/mol. The second kappa shape index (κ2) is 4.57. The predicted octanol–water partition coefficient (Wildman–Crippen LogP) is -0.348. The third-order valence-corrected chi connectivity index (χ3v) is 3.69. The fraction of sp³-hybridized carbons (Fsp3) is 1.00. The summed E-state index contributed by atoms with van der Waals surface area (Å²) in [6.45, 7) is 5.12. The first-order chi connectivity index (χ1) is 6.41. The monoisotopic (exact) mass is 221 g/mol. The molecule has 0 aromatic rings. The molecule has 1 aliphatic heterocycles. The first-order valence-electron chi connectivity index (χ1n) is 4.94. The molecule has 0 bridgehead atoms. The summed E-state index contributed by atoms with van der Waals surface area (Å²) in [5, 5.41) is 8.38. The lowest BCUT2D eigenvalue weighted by atomic mass is 10.2. The summed E-state index contributed by atoms with van der Waals surface area (Å²) in [6.07, 6.45) is 2.14. The number of nitrogens with zero attached hydrogens (tertiary/aromatic N) is 1. The van der Waals surface area contributed by atoms with Crippen LogP contribution in [-0.4, -0.2) is 37.9 Å². The minimum Gasteiger partial charge on any atom is -0.313 e. The van der Waals surface area contributed by atoms with Gasteiger partial charge in [-0.15, -0.1) is 0 Å². The van der Waals surface area contributed by atoms with Crippen molar-refractivity contribution in [2.45, 2.75) is 38.8 Å². The standard InChI is InChI=1S/C8H19N3O2S/c1-7(2)11(14(9,12)13)6-8-4-3-5-10-8/h7-8,10H,3-6H2,1-2H3,(H2,9,12,13). The van der Waals surface area contributed by atoms with Crippen molar-refractivity contribution in [2.75, 3.05) is 13.1 Å². The average Bonchev–Trinajstić information content (AvgIpc) is 2.48. The molecule has 0 aromatic carbocycles. The van der Waals surface area contributed by atoms with Crippen LogP contribution in [0, 0.1) is 0 Å². The lowest BCUT2D eigenvalue weighted by molar-refractivity contribution is 0.323. The third kappa shape index (κ3) is 3.20. The summed E-state index contributed by atoms with van der Waals surface area (Å²) in [6, 6.07) is 0.183. The third-order valence-electron chi connectivity index (χ3n) is 2.47. The van der Waals surface area contributed by atoms with E-state index in [0.29, 0.717) is 6.54 Å². The van der Waals surface area contributed by atoms with Crippen LogP contribution in [0.4, 0.5) is 0 Å². The smallest absolute Gasteiger partial charge is 0.277 e. The molecule has 0 spiro atoms. The van der Waals surface area contributed by atoms with E-state index in [-0.39, 0.29) is 12.1 Å². The van der Waals surface area contributed by atoms with Crippen LogP contribution in [0.25, 0.3) is 0 Å². The highest BCUT2D eigenvalue weighted by Gasteiger charge is 2.25. The lowest BCUT2D eigenvalue weighted by Gasteiger charge is -2.26. The second-order valence-electron chi connectivity index (χ2n) is 4.00. The van der Waals surface area contributed by atoms with E-state index in [1.807, 2.05) is 13.8 Å². The van der Waals surface area contributed by atoms with Gasteiger partial charge in [0.15, 0.2) is 0 Å². The molecule has 6 heteroatoms. The van der Waals surface area contributed by atoms with Gasteiger partial charge in [-0.1, -0.05) is 0 Å². The first-order valence-corrected chi connectivity index (χ1v) is 6.44. The molecule has 1 fully saturated rings. The van der Waals surface area contributed by atoms with Gasteiger partial charge in [0, 0.05) is 18.6 Å². The minimum atomic E-state index is -3.56. The molecular weight excluding hydrogens is 202 g/mol. The molecule has 1 atom stereocenters. The van der Waals surface area contributed by atoms with E-state index in [9.17, 15) is 8.42 Å². The molecule has 1 aliphatic rings. The van der Waals surface area contributed by atoms with Gasteiger partial charge >= 0.3 is 0 Å². The number of nitrogens with one attached hydrogen (secondary N) is 1. The Labute approximate surface area is 85.8 Å². The van der Waals surface area contributed by atoms with Gasteiger partial charge in [0.25, 0.3) is 10.2 Å². The van der Waals surface area contributed by atoms with Crippen molar-refractivity contribution in [1.82, 2.24) is 9.62 Å². The molecule has 0 radical (unpaired) electrons. The molecule has 0 aliphatic carbocycles. The normalized spacial score (nSPS) is 23.6. The molecular formula is C8H19N3O2S. The second-order valence-corrected chi connectivity index (χ2v) is 5.50. The van der Waals surface area contributed by atoms with Gasteiger partial charge in [-0.05, 0) is 33.2 Å². The molecule has 1 saturated heterocycles. The molecule has 1 rings (SSSR count). The first kappa shape index (κ1) is 11.9.